The third-order valence-corrected chi connectivity index (χ3v) is 3.54. The summed E-state index contributed by atoms with van der Waals surface area (Å²) < 4.78 is 4.95. The molecule has 2 N–H and O–H groups in total. The van der Waals surface area contributed by atoms with E-state index in [-0.39, 0.29) is 18.4 Å². The predicted octanol–water partition coefficient (Wildman–Crippen LogP) is 2.48. The molecule has 6 nitrogen and oxygen atoms in total. The first kappa shape index (κ1) is 19.9. The molecule has 0 heterocycles. The Morgan fingerprint density at radius 3 is 2.48 bits per heavy atom. The van der Waals surface area contributed by atoms with Crippen molar-refractivity contribution in [1.29, 1.82) is 0 Å². The number of aryl methyl sites for hydroxylation is 1. The first-order valence-corrected chi connectivity index (χ1v) is 8.53. The van der Waals surface area contributed by atoms with Crippen molar-refractivity contribution in [3.8, 4) is 5.75 Å². The second-order valence-electron chi connectivity index (χ2n) is 5.92. The van der Waals surface area contributed by atoms with Crippen molar-refractivity contribution in [3.05, 3.63) is 71.3 Å². The second kappa shape index (κ2) is 9.91. The molecule has 0 fully saturated rings. The molecule has 0 aromatic heterocycles. The van der Waals surface area contributed by atoms with Gasteiger partial charge in [-0.2, -0.15) is 0 Å². The Morgan fingerprint density at radius 2 is 1.74 bits per heavy atom. The van der Waals surface area contributed by atoms with Gasteiger partial charge in [-0.05, 0) is 36.8 Å². The molecule has 0 aliphatic heterocycles. The molecule has 0 bridgehead atoms. The molecule has 2 amide bonds. The van der Waals surface area contributed by atoms with Crippen LogP contribution in [0.25, 0.3) is 6.08 Å². The standard InChI is InChI=1S/C21H22N2O4/c1-15-5-3-6-17(13-15)9-10-20(25)22-11-12-23-21(26)18-7-4-8-19(14-18)27-16(2)24/h3-10,13-14H,11-12H2,1-2H3,(H,22,25)(H,23,26)/b10-9+. The Labute approximate surface area is 158 Å². The summed E-state index contributed by atoms with van der Waals surface area (Å²) in [5, 5.41) is 5.40. The van der Waals surface area contributed by atoms with Crippen LogP contribution >= 0.6 is 0 Å². The van der Waals surface area contributed by atoms with Crippen molar-refractivity contribution in [2.45, 2.75) is 13.8 Å². The van der Waals surface area contributed by atoms with E-state index in [1.165, 1.54) is 19.1 Å². The van der Waals surface area contributed by atoms with E-state index in [9.17, 15) is 14.4 Å². The molecule has 0 saturated carbocycles. The highest BCUT2D eigenvalue weighted by Crippen LogP contribution is 2.13. The van der Waals surface area contributed by atoms with E-state index in [2.05, 4.69) is 10.6 Å². The van der Waals surface area contributed by atoms with Gasteiger partial charge in [-0.25, -0.2) is 0 Å². The van der Waals surface area contributed by atoms with Crippen LogP contribution in [0, 0.1) is 6.92 Å². The van der Waals surface area contributed by atoms with Gasteiger partial charge in [-0.3, -0.25) is 14.4 Å². The number of benzene rings is 2. The van der Waals surface area contributed by atoms with Crippen LogP contribution in [0.4, 0.5) is 0 Å². The van der Waals surface area contributed by atoms with Crippen LogP contribution in [0.5, 0.6) is 5.75 Å². The molecule has 0 aliphatic carbocycles. The van der Waals surface area contributed by atoms with Gasteiger partial charge in [0, 0.05) is 31.7 Å². The molecule has 0 spiro atoms. The van der Waals surface area contributed by atoms with E-state index in [0.717, 1.165) is 11.1 Å². The van der Waals surface area contributed by atoms with Crippen LogP contribution in [0.15, 0.2) is 54.6 Å². The summed E-state index contributed by atoms with van der Waals surface area (Å²) >= 11 is 0. The van der Waals surface area contributed by atoms with Crippen molar-refractivity contribution in [2.24, 2.45) is 0 Å². The Kier molecular flexibility index (Phi) is 7.31. The normalized spacial score (nSPS) is 10.4. The van der Waals surface area contributed by atoms with Gasteiger partial charge in [-0.1, -0.05) is 35.9 Å². The first-order valence-electron chi connectivity index (χ1n) is 8.53. The van der Waals surface area contributed by atoms with E-state index in [0.29, 0.717) is 17.9 Å². The maximum absolute atomic E-state index is 12.1. The van der Waals surface area contributed by atoms with Crippen molar-refractivity contribution in [3.63, 3.8) is 0 Å². The van der Waals surface area contributed by atoms with Gasteiger partial charge >= 0.3 is 5.97 Å². The maximum Gasteiger partial charge on any atom is 0.308 e. The Hall–Kier alpha value is -3.41. The number of hydrogen-bond acceptors (Lipinski definition) is 4. The number of esters is 1. The van der Waals surface area contributed by atoms with Crippen LogP contribution < -0.4 is 15.4 Å². The lowest BCUT2D eigenvalue weighted by Crippen LogP contribution is -2.34. The molecular formula is C21H22N2O4. The summed E-state index contributed by atoms with van der Waals surface area (Å²) in [6, 6.07) is 14.1. The van der Waals surface area contributed by atoms with E-state index >= 15 is 0 Å². The molecule has 6 heteroatoms. The fourth-order valence-electron chi connectivity index (χ4n) is 2.34. The number of hydrogen-bond donors (Lipinski definition) is 2. The minimum absolute atomic E-state index is 0.234. The SMILES string of the molecule is CC(=O)Oc1cccc(C(=O)NCCNC(=O)/C=C/c2cccc(C)c2)c1. The predicted molar refractivity (Wildman–Crippen MR) is 103 cm³/mol. The molecule has 2 aromatic carbocycles. The van der Waals surface area contributed by atoms with Gasteiger partial charge in [0.15, 0.2) is 0 Å². The van der Waals surface area contributed by atoms with E-state index < -0.39 is 5.97 Å². The largest absolute Gasteiger partial charge is 0.427 e. The lowest BCUT2D eigenvalue weighted by atomic mass is 10.1. The van der Waals surface area contributed by atoms with Crippen molar-refractivity contribution in [2.75, 3.05) is 13.1 Å². The lowest BCUT2D eigenvalue weighted by Gasteiger charge is -2.07. The molecule has 0 unspecified atom stereocenters. The van der Waals surface area contributed by atoms with Gasteiger partial charge in [0.25, 0.3) is 5.91 Å². The monoisotopic (exact) mass is 366 g/mol. The Bertz CT molecular complexity index is 859. The molecule has 27 heavy (non-hydrogen) atoms. The number of amides is 2. The third-order valence-electron chi connectivity index (χ3n) is 3.54. The third kappa shape index (κ3) is 7.15. The van der Waals surface area contributed by atoms with E-state index in [1.807, 2.05) is 31.2 Å². The molecule has 2 aromatic rings. The molecular weight excluding hydrogens is 344 g/mol. The van der Waals surface area contributed by atoms with Crippen LogP contribution in [-0.2, 0) is 9.59 Å². The fourth-order valence-corrected chi connectivity index (χ4v) is 2.34. The minimum Gasteiger partial charge on any atom is -0.427 e. The van der Waals surface area contributed by atoms with Gasteiger partial charge in [-0.15, -0.1) is 0 Å². The summed E-state index contributed by atoms with van der Waals surface area (Å²) in [6.07, 6.45) is 3.20. The van der Waals surface area contributed by atoms with Crippen molar-refractivity contribution in [1.82, 2.24) is 10.6 Å². The zero-order valence-corrected chi connectivity index (χ0v) is 15.3. The highest BCUT2D eigenvalue weighted by Gasteiger charge is 2.07. The van der Waals surface area contributed by atoms with Crippen LogP contribution in [0.2, 0.25) is 0 Å². The number of rotatable bonds is 7. The van der Waals surface area contributed by atoms with Crippen LogP contribution in [-0.4, -0.2) is 30.9 Å². The van der Waals surface area contributed by atoms with Gasteiger partial charge in [0.1, 0.15) is 5.75 Å². The average molecular weight is 366 g/mol. The van der Waals surface area contributed by atoms with Crippen LogP contribution in [0.1, 0.15) is 28.4 Å². The summed E-state index contributed by atoms with van der Waals surface area (Å²) in [5.41, 5.74) is 2.45. The number of ether oxygens (including phenoxy) is 1. The molecule has 2 rings (SSSR count). The Balaban J connectivity index is 1.75. The first-order chi connectivity index (χ1) is 12.9. The van der Waals surface area contributed by atoms with Gasteiger partial charge < -0.3 is 15.4 Å². The summed E-state index contributed by atoms with van der Waals surface area (Å²) in [4.78, 5) is 34.9. The highest BCUT2D eigenvalue weighted by atomic mass is 16.5. The average Bonchev–Trinajstić information content (AvgIpc) is 2.63. The van der Waals surface area contributed by atoms with Crippen LogP contribution in [0.3, 0.4) is 0 Å². The number of carbonyl (C=O) groups excluding carboxylic acids is 3. The lowest BCUT2D eigenvalue weighted by molar-refractivity contribution is -0.131. The number of nitrogens with one attached hydrogen (secondary N) is 2. The topological polar surface area (TPSA) is 84.5 Å². The van der Waals surface area contributed by atoms with Gasteiger partial charge in [0.2, 0.25) is 5.91 Å². The van der Waals surface area contributed by atoms with Crippen molar-refractivity contribution < 1.29 is 19.1 Å². The maximum atomic E-state index is 12.1. The van der Waals surface area contributed by atoms with E-state index in [1.54, 1.807) is 24.3 Å². The minimum atomic E-state index is -0.450. The molecule has 0 saturated heterocycles. The summed E-state index contributed by atoms with van der Waals surface area (Å²) in [6.45, 7) is 3.86. The Morgan fingerprint density at radius 1 is 1.00 bits per heavy atom. The molecule has 0 aliphatic rings. The smallest absolute Gasteiger partial charge is 0.308 e. The zero-order chi connectivity index (χ0) is 19.6. The molecule has 0 atom stereocenters. The quantitative estimate of drug-likeness (QED) is 0.341. The second-order valence-corrected chi connectivity index (χ2v) is 5.92. The highest BCUT2D eigenvalue weighted by molar-refractivity contribution is 5.95. The number of carbonyl (C=O) groups is 3. The van der Waals surface area contributed by atoms with Crippen molar-refractivity contribution >= 4 is 23.9 Å². The van der Waals surface area contributed by atoms with Gasteiger partial charge in [0.05, 0.1) is 0 Å². The molecule has 140 valence electrons. The molecule has 0 radical (unpaired) electrons. The summed E-state index contributed by atoms with van der Waals surface area (Å²) in [7, 11) is 0. The fraction of sp³-hybridized carbons (Fsp3) is 0.190. The van der Waals surface area contributed by atoms with E-state index in [4.69, 9.17) is 4.74 Å². The summed E-state index contributed by atoms with van der Waals surface area (Å²) in [5.74, 6) is -0.685. The zero-order valence-electron chi connectivity index (χ0n) is 15.3.